The van der Waals surface area contributed by atoms with E-state index in [0.717, 1.165) is 48.3 Å². The minimum atomic E-state index is -0.312. The molecule has 2 amide bonds. The van der Waals surface area contributed by atoms with Gasteiger partial charge >= 0.3 is 0 Å². The Hall–Kier alpha value is -6.56. The number of unbranched alkanes of at least 4 members (excludes halogenated alkanes) is 2. The van der Waals surface area contributed by atoms with Crippen LogP contribution in [0.25, 0.3) is 12.2 Å². The molecule has 12 heteroatoms. The number of hydrogen-bond donors (Lipinski definition) is 0. The maximum atomic E-state index is 14.3. The Bertz CT molecular complexity index is 2050. The van der Waals surface area contributed by atoms with E-state index in [1.807, 2.05) is 60.7 Å². The lowest BCUT2D eigenvalue weighted by Gasteiger charge is -2.24. The standard InChI is InChI=1S/C46H50N4O8/c1-7-9-25-57-35-17-13-33(14-18-35)43-47-37(27-31-11-21-39(53-3)41(29-31)55-5)45(51)49(43)23-24-50-44(34-15-19-36(20-16-34)58-26-10-8-2)48-38(46(50)52)28-32-12-22-40(54-4)42(30-32)56-6/h11-22,27-30H,7-10,23-26H2,1-6H3/b37-27-,38-28+. The second kappa shape index (κ2) is 19.5. The van der Waals surface area contributed by atoms with Gasteiger partial charge in [0.15, 0.2) is 23.0 Å². The van der Waals surface area contributed by atoms with Crippen LogP contribution in [0.2, 0.25) is 0 Å². The van der Waals surface area contributed by atoms with Gasteiger partial charge in [0.25, 0.3) is 11.8 Å². The summed E-state index contributed by atoms with van der Waals surface area (Å²) in [7, 11) is 6.26. The third-order valence-corrected chi connectivity index (χ3v) is 9.62. The number of aliphatic imine (C=N–C) groups is 2. The van der Waals surface area contributed by atoms with Crippen molar-refractivity contribution < 1.29 is 38.0 Å². The van der Waals surface area contributed by atoms with Gasteiger partial charge in [-0.3, -0.25) is 19.4 Å². The van der Waals surface area contributed by atoms with Crippen molar-refractivity contribution >= 4 is 35.6 Å². The summed E-state index contributed by atoms with van der Waals surface area (Å²) in [6.07, 6.45) is 7.38. The number of benzene rings is 4. The average molecular weight is 787 g/mol. The van der Waals surface area contributed by atoms with Gasteiger partial charge in [-0.05, 0) is 109 Å². The summed E-state index contributed by atoms with van der Waals surface area (Å²) < 4.78 is 33.6. The maximum absolute atomic E-state index is 14.3. The van der Waals surface area contributed by atoms with Gasteiger partial charge in [0.2, 0.25) is 0 Å². The van der Waals surface area contributed by atoms with Gasteiger partial charge in [-0.15, -0.1) is 0 Å². The second-order valence-corrected chi connectivity index (χ2v) is 13.5. The SMILES string of the molecule is CCCCOc1ccc(C2=N/C(=C\c3ccc(OC)c(OC)c3)C(=O)N2CCN2C(=O)/C(=C\c3ccc(OC)c(OC)c3)N=C2c2ccc(OCCCC)cc2)cc1. The zero-order valence-electron chi connectivity index (χ0n) is 33.9. The quantitative estimate of drug-likeness (QED) is 0.0692. The molecule has 0 aliphatic carbocycles. The number of nitrogens with zero attached hydrogens (tertiary/aromatic N) is 4. The molecule has 2 aliphatic rings. The number of amides is 2. The summed E-state index contributed by atoms with van der Waals surface area (Å²) in [5, 5.41) is 0. The van der Waals surface area contributed by atoms with Crippen molar-refractivity contribution in [1.29, 1.82) is 0 Å². The summed E-state index contributed by atoms with van der Waals surface area (Å²) in [6.45, 7) is 5.71. The number of ether oxygens (including phenoxy) is 6. The van der Waals surface area contributed by atoms with E-state index in [2.05, 4.69) is 13.8 Å². The first-order chi connectivity index (χ1) is 28.3. The highest BCUT2D eigenvalue weighted by atomic mass is 16.5. The van der Waals surface area contributed by atoms with Crippen LogP contribution in [0.1, 0.15) is 61.8 Å². The molecule has 0 atom stereocenters. The Kier molecular flexibility index (Phi) is 13.8. The van der Waals surface area contributed by atoms with E-state index in [4.69, 9.17) is 38.4 Å². The lowest BCUT2D eigenvalue weighted by molar-refractivity contribution is -0.125. The van der Waals surface area contributed by atoms with Crippen LogP contribution in [0.3, 0.4) is 0 Å². The van der Waals surface area contributed by atoms with Gasteiger partial charge in [-0.1, -0.05) is 38.8 Å². The molecule has 0 bridgehead atoms. The van der Waals surface area contributed by atoms with Gasteiger partial charge in [0.05, 0.1) is 41.7 Å². The van der Waals surface area contributed by atoms with Crippen molar-refractivity contribution in [2.24, 2.45) is 9.98 Å². The van der Waals surface area contributed by atoms with Crippen LogP contribution in [0.5, 0.6) is 34.5 Å². The van der Waals surface area contributed by atoms with Crippen LogP contribution in [-0.2, 0) is 9.59 Å². The van der Waals surface area contributed by atoms with Crippen molar-refractivity contribution in [3.63, 3.8) is 0 Å². The molecule has 2 aliphatic heterocycles. The van der Waals surface area contributed by atoms with E-state index in [9.17, 15) is 9.59 Å². The highest BCUT2D eigenvalue weighted by Crippen LogP contribution is 2.32. The molecule has 0 radical (unpaired) electrons. The topological polar surface area (TPSA) is 121 Å². The van der Waals surface area contributed by atoms with Gasteiger partial charge in [0.1, 0.15) is 34.6 Å². The fourth-order valence-electron chi connectivity index (χ4n) is 6.43. The predicted molar refractivity (Wildman–Crippen MR) is 225 cm³/mol. The highest BCUT2D eigenvalue weighted by Gasteiger charge is 2.35. The van der Waals surface area contributed by atoms with Crippen LogP contribution < -0.4 is 28.4 Å². The fraction of sp³-hybridized carbons (Fsp3) is 0.304. The Morgan fingerprint density at radius 1 is 0.517 bits per heavy atom. The minimum absolute atomic E-state index is 0.127. The molecule has 0 saturated carbocycles. The molecule has 12 nitrogen and oxygen atoms in total. The fourth-order valence-corrected chi connectivity index (χ4v) is 6.43. The van der Waals surface area contributed by atoms with Crippen LogP contribution in [0.15, 0.2) is 106 Å². The lowest BCUT2D eigenvalue weighted by atomic mass is 10.1. The number of carbonyl (C=O) groups is 2. The minimum Gasteiger partial charge on any atom is -0.494 e. The lowest BCUT2D eigenvalue weighted by Crippen LogP contribution is -2.42. The Morgan fingerprint density at radius 2 is 0.897 bits per heavy atom. The molecular formula is C46H50N4O8. The molecule has 302 valence electrons. The molecule has 0 saturated heterocycles. The zero-order valence-corrected chi connectivity index (χ0v) is 33.9. The van der Waals surface area contributed by atoms with Crippen molar-refractivity contribution in [2.75, 3.05) is 54.7 Å². The summed E-state index contributed by atoms with van der Waals surface area (Å²) in [5.41, 5.74) is 3.34. The zero-order chi connectivity index (χ0) is 41.0. The molecule has 2 heterocycles. The van der Waals surface area contributed by atoms with E-state index in [1.54, 1.807) is 74.7 Å². The normalized spacial score (nSPS) is 15.2. The van der Waals surface area contributed by atoms with Crippen LogP contribution in [0, 0.1) is 0 Å². The first kappa shape index (κ1) is 41.1. The number of hydrogen-bond acceptors (Lipinski definition) is 10. The first-order valence-electron chi connectivity index (χ1n) is 19.5. The number of methoxy groups -OCH3 is 4. The van der Waals surface area contributed by atoms with E-state index in [-0.39, 0.29) is 36.3 Å². The molecule has 4 aromatic rings. The van der Waals surface area contributed by atoms with Gasteiger partial charge < -0.3 is 28.4 Å². The molecule has 0 N–H and O–H groups in total. The van der Waals surface area contributed by atoms with Crippen molar-refractivity contribution in [3.05, 3.63) is 119 Å². The Morgan fingerprint density at radius 3 is 1.24 bits per heavy atom. The number of amidine groups is 2. The highest BCUT2D eigenvalue weighted by molar-refractivity contribution is 6.21. The van der Waals surface area contributed by atoms with Gasteiger partial charge in [0, 0.05) is 24.2 Å². The van der Waals surface area contributed by atoms with Crippen LogP contribution >= 0.6 is 0 Å². The monoisotopic (exact) mass is 786 g/mol. The molecule has 0 unspecified atom stereocenters. The van der Waals surface area contributed by atoms with Crippen LogP contribution in [-0.4, -0.2) is 88.0 Å². The Labute approximate surface area is 340 Å². The summed E-state index contributed by atoms with van der Waals surface area (Å²) >= 11 is 0. The largest absolute Gasteiger partial charge is 0.494 e. The second-order valence-electron chi connectivity index (χ2n) is 13.5. The van der Waals surface area contributed by atoms with E-state index in [1.165, 1.54) is 0 Å². The summed E-state index contributed by atoms with van der Waals surface area (Å²) in [6, 6.07) is 25.9. The molecule has 4 aromatic carbocycles. The number of rotatable bonds is 19. The van der Waals surface area contributed by atoms with E-state index < -0.39 is 0 Å². The van der Waals surface area contributed by atoms with E-state index in [0.29, 0.717) is 59.0 Å². The number of carbonyl (C=O) groups excluding carboxylic acids is 2. The van der Waals surface area contributed by atoms with Gasteiger partial charge in [-0.25, -0.2) is 9.98 Å². The molecule has 0 fully saturated rings. The molecule has 6 rings (SSSR count). The summed E-state index contributed by atoms with van der Waals surface area (Å²) in [4.78, 5) is 41.5. The maximum Gasteiger partial charge on any atom is 0.278 e. The average Bonchev–Trinajstić information content (AvgIpc) is 3.73. The summed E-state index contributed by atoms with van der Waals surface area (Å²) in [5.74, 6) is 3.94. The van der Waals surface area contributed by atoms with Crippen molar-refractivity contribution in [1.82, 2.24) is 9.80 Å². The smallest absolute Gasteiger partial charge is 0.278 e. The first-order valence-corrected chi connectivity index (χ1v) is 19.5. The molecule has 58 heavy (non-hydrogen) atoms. The predicted octanol–water partition coefficient (Wildman–Crippen LogP) is 8.04. The van der Waals surface area contributed by atoms with Crippen LogP contribution in [0.4, 0.5) is 0 Å². The molecule has 0 spiro atoms. The third-order valence-electron chi connectivity index (χ3n) is 9.62. The Balaban J connectivity index is 1.33. The van der Waals surface area contributed by atoms with Crippen molar-refractivity contribution in [2.45, 2.75) is 39.5 Å². The molecular weight excluding hydrogens is 737 g/mol. The van der Waals surface area contributed by atoms with Crippen molar-refractivity contribution in [3.8, 4) is 34.5 Å². The van der Waals surface area contributed by atoms with Gasteiger partial charge in [-0.2, -0.15) is 0 Å². The van der Waals surface area contributed by atoms with E-state index >= 15 is 0 Å². The third kappa shape index (κ3) is 9.51. The molecule has 0 aromatic heterocycles.